The van der Waals surface area contributed by atoms with Crippen LogP contribution >= 0.6 is 39.9 Å². The van der Waals surface area contributed by atoms with Gasteiger partial charge < -0.3 is 20.4 Å². The van der Waals surface area contributed by atoms with Gasteiger partial charge in [0.1, 0.15) is 0 Å². The van der Waals surface area contributed by atoms with Crippen molar-refractivity contribution in [1.82, 2.24) is 15.5 Å². The molecule has 3 rings (SSSR count). The van der Waals surface area contributed by atoms with E-state index >= 15 is 0 Å². The average molecular weight is 536 g/mol. The van der Waals surface area contributed by atoms with E-state index in [0.717, 1.165) is 42.4 Å². The van der Waals surface area contributed by atoms with Gasteiger partial charge in [0, 0.05) is 42.9 Å². The highest BCUT2D eigenvalue weighted by molar-refractivity contribution is 14.0. The monoisotopic (exact) mass is 535 g/mol. The second-order valence-corrected chi connectivity index (χ2v) is 8.17. The van der Waals surface area contributed by atoms with Crippen LogP contribution in [0.25, 0.3) is 0 Å². The number of rotatable bonds is 4. The summed E-state index contributed by atoms with van der Waals surface area (Å²) in [5, 5.41) is 7.14. The van der Waals surface area contributed by atoms with E-state index in [0.29, 0.717) is 6.04 Å². The number of piperidine rings is 1. The number of nitrogens with one attached hydrogen (secondary N) is 2. The summed E-state index contributed by atoms with van der Waals surface area (Å²) in [5.41, 5.74) is 1.29. The number of nitrogens with zero attached hydrogens (tertiary/aromatic N) is 3. The normalized spacial score (nSPS) is 22.2. The first-order valence-electron chi connectivity index (χ1n) is 9.30. The molecule has 0 saturated carbocycles. The van der Waals surface area contributed by atoms with Crippen LogP contribution in [-0.2, 0) is 0 Å². The standard InChI is InChI=1S/C19H30BrN5.HI/c1-21-19(22-13-15-7-10-24(2)11-8-15)23-17-9-12-25(14-17)18-5-3-16(20)4-6-18;/h3-6,15,17H,7-14H2,1-2H3,(H2,21,22,23);1H. The molecule has 1 aromatic rings. The molecule has 2 N–H and O–H groups in total. The molecule has 2 aliphatic heterocycles. The van der Waals surface area contributed by atoms with Crippen molar-refractivity contribution in [2.75, 3.05) is 51.7 Å². The molecule has 2 fully saturated rings. The lowest BCUT2D eigenvalue weighted by Crippen LogP contribution is -2.46. The van der Waals surface area contributed by atoms with E-state index in [1.54, 1.807) is 0 Å². The number of halogens is 2. The van der Waals surface area contributed by atoms with Gasteiger partial charge in [0.05, 0.1) is 0 Å². The van der Waals surface area contributed by atoms with Crippen LogP contribution in [0.2, 0.25) is 0 Å². The van der Waals surface area contributed by atoms with E-state index in [2.05, 4.69) is 72.7 Å². The largest absolute Gasteiger partial charge is 0.369 e. The predicted molar refractivity (Wildman–Crippen MR) is 125 cm³/mol. The van der Waals surface area contributed by atoms with E-state index in [1.807, 2.05) is 7.05 Å². The summed E-state index contributed by atoms with van der Waals surface area (Å²) in [4.78, 5) is 9.27. The van der Waals surface area contributed by atoms with Gasteiger partial charge in [-0.15, -0.1) is 24.0 Å². The molecule has 5 nitrogen and oxygen atoms in total. The van der Waals surface area contributed by atoms with Gasteiger partial charge in [-0.2, -0.15) is 0 Å². The molecule has 1 atom stereocenters. The Morgan fingerprint density at radius 2 is 1.85 bits per heavy atom. The van der Waals surface area contributed by atoms with Crippen LogP contribution in [0.1, 0.15) is 19.3 Å². The maximum atomic E-state index is 4.42. The quantitative estimate of drug-likeness (QED) is 0.353. The zero-order valence-electron chi connectivity index (χ0n) is 15.7. The Balaban J connectivity index is 0.00000243. The Labute approximate surface area is 183 Å². The topological polar surface area (TPSA) is 42.9 Å². The van der Waals surface area contributed by atoms with Crippen LogP contribution in [0, 0.1) is 5.92 Å². The smallest absolute Gasteiger partial charge is 0.191 e. The third-order valence-electron chi connectivity index (χ3n) is 5.34. The van der Waals surface area contributed by atoms with Gasteiger partial charge in [-0.25, -0.2) is 0 Å². The highest BCUT2D eigenvalue weighted by atomic mass is 127. The third kappa shape index (κ3) is 6.27. The summed E-state index contributed by atoms with van der Waals surface area (Å²) >= 11 is 3.50. The number of hydrogen-bond donors (Lipinski definition) is 2. The molecule has 146 valence electrons. The summed E-state index contributed by atoms with van der Waals surface area (Å²) < 4.78 is 1.13. The highest BCUT2D eigenvalue weighted by Crippen LogP contribution is 2.22. The first kappa shape index (κ1) is 21.8. The van der Waals surface area contributed by atoms with Crippen molar-refractivity contribution in [3.05, 3.63) is 28.7 Å². The summed E-state index contributed by atoms with van der Waals surface area (Å²) in [6, 6.07) is 9.03. The minimum absolute atomic E-state index is 0. The SMILES string of the molecule is CN=C(NCC1CCN(C)CC1)NC1CCN(c2ccc(Br)cc2)C1.I. The van der Waals surface area contributed by atoms with E-state index in [1.165, 1.54) is 31.6 Å². The van der Waals surface area contributed by atoms with Crippen molar-refractivity contribution >= 4 is 51.6 Å². The molecular formula is C19H31BrIN5. The Morgan fingerprint density at radius 1 is 1.15 bits per heavy atom. The van der Waals surface area contributed by atoms with Crippen molar-refractivity contribution in [2.24, 2.45) is 10.9 Å². The third-order valence-corrected chi connectivity index (χ3v) is 5.87. The van der Waals surface area contributed by atoms with Crippen LogP contribution < -0.4 is 15.5 Å². The van der Waals surface area contributed by atoms with Crippen molar-refractivity contribution in [2.45, 2.75) is 25.3 Å². The van der Waals surface area contributed by atoms with Gasteiger partial charge in [0.25, 0.3) is 0 Å². The Bertz CT molecular complexity index is 572. The van der Waals surface area contributed by atoms with Gasteiger partial charge in [0.15, 0.2) is 5.96 Å². The Morgan fingerprint density at radius 3 is 2.50 bits per heavy atom. The van der Waals surface area contributed by atoms with E-state index in [9.17, 15) is 0 Å². The summed E-state index contributed by atoms with van der Waals surface area (Å²) in [6.45, 7) is 5.56. The summed E-state index contributed by atoms with van der Waals surface area (Å²) in [6.07, 6.45) is 3.70. The zero-order chi connectivity index (χ0) is 17.6. The van der Waals surface area contributed by atoms with Gasteiger partial charge in [-0.05, 0) is 69.6 Å². The lowest BCUT2D eigenvalue weighted by molar-refractivity contribution is 0.220. The molecule has 1 aromatic carbocycles. The van der Waals surface area contributed by atoms with Crippen molar-refractivity contribution in [1.29, 1.82) is 0 Å². The molecule has 2 saturated heterocycles. The van der Waals surface area contributed by atoms with E-state index < -0.39 is 0 Å². The molecule has 0 radical (unpaired) electrons. The van der Waals surface area contributed by atoms with Gasteiger partial charge in [0.2, 0.25) is 0 Å². The fourth-order valence-electron chi connectivity index (χ4n) is 3.66. The summed E-state index contributed by atoms with van der Waals surface area (Å²) in [7, 11) is 4.08. The fraction of sp³-hybridized carbons (Fsp3) is 0.632. The number of likely N-dealkylation sites (tertiary alicyclic amines) is 1. The lowest BCUT2D eigenvalue weighted by atomic mass is 9.97. The van der Waals surface area contributed by atoms with Crippen LogP contribution in [0.3, 0.4) is 0 Å². The molecule has 2 aliphatic rings. The number of aliphatic imine (C=N–C) groups is 1. The second-order valence-electron chi connectivity index (χ2n) is 7.25. The minimum Gasteiger partial charge on any atom is -0.369 e. The van der Waals surface area contributed by atoms with E-state index in [-0.39, 0.29) is 24.0 Å². The molecule has 0 amide bonds. The Hall–Kier alpha value is -0.540. The maximum Gasteiger partial charge on any atom is 0.191 e. The van der Waals surface area contributed by atoms with Crippen LogP contribution in [-0.4, -0.2) is 63.7 Å². The van der Waals surface area contributed by atoms with Crippen LogP contribution in [0.15, 0.2) is 33.7 Å². The lowest BCUT2D eigenvalue weighted by Gasteiger charge is -2.29. The second kappa shape index (κ2) is 10.7. The molecule has 1 unspecified atom stereocenters. The van der Waals surface area contributed by atoms with Gasteiger partial charge in [-0.1, -0.05) is 15.9 Å². The van der Waals surface area contributed by atoms with Crippen LogP contribution in [0.4, 0.5) is 5.69 Å². The number of guanidine groups is 1. The first-order valence-corrected chi connectivity index (χ1v) is 10.1. The van der Waals surface area contributed by atoms with Gasteiger partial charge >= 0.3 is 0 Å². The van der Waals surface area contributed by atoms with E-state index in [4.69, 9.17) is 0 Å². The van der Waals surface area contributed by atoms with Crippen molar-refractivity contribution in [3.63, 3.8) is 0 Å². The number of benzene rings is 1. The fourth-order valence-corrected chi connectivity index (χ4v) is 3.92. The van der Waals surface area contributed by atoms with Crippen molar-refractivity contribution < 1.29 is 0 Å². The van der Waals surface area contributed by atoms with Crippen molar-refractivity contribution in [3.8, 4) is 0 Å². The Kier molecular flexibility index (Phi) is 8.96. The maximum absolute atomic E-state index is 4.42. The molecule has 0 aliphatic carbocycles. The average Bonchev–Trinajstić information content (AvgIpc) is 3.09. The molecule has 7 heteroatoms. The predicted octanol–water partition coefficient (Wildman–Crippen LogP) is 3.15. The van der Waals surface area contributed by atoms with Crippen LogP contribution in [0.5, 0.6) is 0 Å². The molecular weight excluding hydrogens is 505 g/mol. The molecule has 2 heterocycles. The summed E-state index contributed by atoms with van der Waals surface area (Å²) in [5.74, 6) is 1.71. The highest BCUT2D eigenvalue weighted by Gasteiger charge is 2.24. The van der Waals surface area contributed by atoms with Gasteiger partial charge in [-0.3, -0.25) is 4.99 Å². The number of hydrogen-bond acceptors (Lipinski definition) is 3. The molecule has 0 spiro atoms. The molecule has 0 bridgehead atoms. The molecule has 0 aromatic heterocycles. The molecule has 26 heavy (non-hydrogen) atoms. The minimum atomic E-state index is 0. The first-order chi connectivity index (χ1) is 12.1. The number of anilines is 1. The zero-order valence-corrected chi connectivity index (χ0v) is 19.7.